The summed E-state index contributed by atoms with van der Waals surface area (Å²) in [4.78, 5) is 0. The lowest BCUT2D eigenvalue weighted by Crippen LogP contribution is -2.40. The molecule has 4 unspecified atom stereocenters. The van der Waals surface area contributed by atoms with Crippen LogP contribution in [0.3, 0.4) is 0 Å². The van der Waals surface area contributed by atoms with E-state index in [9.17, 15) is 0 Å². The minimum Gasteiger partial charge on any atom is -0.377 e. The highest BCUT2D eigenvalue weighted by Crippen LogP contribution is 2.35. The molecule has 1 aliphatic carbocycles. The number of ether oxygens (including phenoxy) is 1. The summed E-state index contributed by atoms with van der Waals surface area (Å²) in [6, 6.07) is 0.734. The van der Waals surface area contributed by atoms with Crippen LogP contribution in [-0.2, 0) is 4.74 Å². The topological polar surface area (TPSA) is 21.3 Å². The molecule has 19 heavy (non-hydrogen) atoms. The van der Waals surface area contributed by atoms with Gasteiger partial charge in [-0.25, -0.2) is 0 Å². The molecule has 3 heteroatoms. The van der Waals surface area contributed by atoms with E-state index in [2.05, 4.69) is 30.9 Å². The Morgan fingerprint density at radius 3 is 2.53 bits per heavy atom. The molecular formula is C16H31NOS. The molecule has 0 aromatic heterocycles. The van der Waals surface area contributed by atoms with Crippen LogP contribution in [0.4, 0.5) is 0 Å². The van der Waals surface area contributed by atoms with Gasteiger partial charge in [0.1, 0.15) is 0 Å². The quantitative estimate of drug-likeness (QED) is 0.825. The van der Waals surface area contributed by atoms with Gasteiger partial charge in [0, 0.05) is 23.1 Å². The summed E-state index contributed by atoms with van der Waals surface area (Å²) < 4.78 is 5.74. The summed E-state index contributed by atoms with van der Waals surface area (Å²) in [5.74, 6) is 0. The van der Waals surface area contributed by atoms with E-state index in [1.807, 2.05) is 0 Å². The Kier molecular flexibility index (Phi) is 7.03. The van der Waals surface area contributed by atoms with Gasteiger partial charge in [-0.2, -0.15) is 11.8 Å². The smallest absolute Gasteiger partial charge is 0.0666 e. The lowest BCUT2D eigenvalue weighted by atomic mass is 9.96. The Balaban J connectivity index is 1.89. The number of rotatable bonds is 5. The average Bonchev–Trinajstić information content (AvgIpc) is 2.78. The number of hydrogen-bond donors (Lipinski definition) is 1. The number of thioether (sulfide) groups is 1. The highest BCUT2D eigenvalue weighted by atomic mass is 32.2. The fourth-order valence-electron chi connectivity index (χ4n) is 3.29. The maximum absolute atomic E-state index is 5.74. The lowest BCUT2D eigenvalue weighted by molar-refractivity contribution is 0.127. The van der Waals surface area contributed by atoms with Gasteiger partial charge in [-0.3, -0.25) is 0 Å². The van der Waals surface area contributed by atoms with Crippen LogP contribution in [0.1, 0.15) is 65.2 Å². The maximum atomic E-state index is 5.74. The molecule has 112 valence electrons. The van der Waals surface area contributed by atoms with Crippen molar-refractivity contribution in [3.8, 4) is 0 Å². The first-order valence-electron chi connectivity index (χ1n) is 8.31. The third-order valence-electron chi connectivity index (χ3n) is 4.52. The highest BCUT2D eigenvalue weighted by Gasteiger charge is 2.31. The fourth-order valence-corrected chi connectivity index (χ4v) is 5.00. The summed E-state index contributed by atoms with van der Waals surface area (Å²) in [5, 5.41) is 5.35. The average molecular weight is 285 g/mol. The van der Waals surface area contributed by atoms with Crippen LogP contribution in [0.15, 0.2) is 0 Å². The molecule has 1 aliphatic heterocycles. The van der Waals surface area contributed by atoms with Gasteiger partial charge < -0.3 is 10.1 Å². The van der Waals surface area contributed by atoms with Gasteiger partial charge in [0.25, 0.3) is 0 Å². The van der Waals surface area contributed by atoms with Crippen molar-refractivity contribution >= 4 is 11.8 Å². The van der Waals surface area contributed by atoms with Crippen molar-refractivity contribution in [2.24, 2.45) is 0 Å². The zero-order valence-electron chi connectivity index (χ0n) is 12.7. The van der Waals surface area contributed by atoms with E-state index in [-0.39, 0.29) is 0 Å². The molecule has 1 saturated heterocycles. The molecule has 2 aliphatic rings. The first-order valence-corrected chi connectivity index (χ1v) is 9.26. The summed E-state index contributed by atoms with van der Waals surface area (Å²) in [6.07, 6.45) is 11.4. The van der Waals surface area contributed by atoms with Crippen LogP contribution < -0.4 is 5.32 Å². The summed E-state index contributed by atoms with van der Waals surface area (Å²) in [5.41, 5.74) is 0. The van der Waals surface area contributed by atoms with Crippen LogP contribution in [0.5, 0.6) is 0 Å². The zero-order valence-corrected chi connectivity index (χ0v) is 13.5. The van der Waals surface area contributed by atoms with Crippen LogP contribution in [0.25, 0.3) is 0 Å². The van der Waals surface area contributed by atoms with E-state index < -0.39 is 0 Å². The molecule has 1 saturated carbocycles. The summed E-state index contributed by atoms with van der Waals surface area (Å²) in [6.45, 7) is 6.67. The van der Waals surface area contributed by atoms with Gasteiger partial charge in [0.2, 0.25) is 0 Å². The molecule has 2 nitrogen and oxygen atoms in total. The van der Waals surface area contributed by atoms with E-state index in [1.54, 1.807) is 0 Å². The molecule has 2 rings (SSSR count). The lowest BCUT2D eigenvalue weighted by Gasteiger charge is -2.32. The summed E-state index contributed by atoms with van der Waals surface area (Å²) >= 11 is 2.23. The van der Waals surface area contributed by atoms with Gasteiger partial charge in [-0.05, 0) is 39.2 Å². The van der Waals surface area contributed by atoms with E-state index in [0.717, 1.165) is 23.1 Å². The van der Waals surface area contributed by atoms with Crippen LogP contribution in [0, 0.1) is 0 Å². The zero-order chi connectivity index (χ0) is 13.5. The summed E-state index contributed by atoms with van der Waals surface area (Å²) in [7, 11) is 0. The molecule has 4 atom stereocenters. The largest absolute Gasteiger partial charge is 0.377 e. The molecule has 0 aromatic carbocycles. The Labute approximate surface area is 123 Å². The van der Waals surface area contributed by atoms with Crippen molar-refractivity contribution < 1.29 is 4.74 Å². The second kappa shape index (κ2) is 8.53. The molecule has 0 spiro atoms. The standard InChI is InChI=1S/C16H31NOS/c1-3-11-17-14-8-6-4-5-7-9-16(14)19-15-10-12-18-13(15)2/h13-17H,3-12H2,1-2H3. The molecule has 2 fully saturated rings. The Bertz CT molecular complexity index is 247. The molecule has 1 N–H and O–H groups in total. The number of hydrogen-bond acceptors (Lipinski definition) is 3. The van der Waals surface area contributed by atoms with Crippen molar-refractivity contribution in [3.05, 3.63) is 0 Å². The van der Waals surface area contributed by atoms with E-state index in [0.29, 0.717) is 6.10 Å². The van der Waals surface area contributed by atoms with Crippen LogP contribution in [0.2, 0.25) is 0 Å². The molecule has 0 radical (unpaired) electrons. The minimum absolute atomic E-state index is 0.460. The van der Waals surface area contributed by atoms with Gasteiger partial charge in [-0.15, -0.1) is 0 Å². The van der Waals surface area contributed by atoms with Crippen molar-refractivity contribution in [2.45, 2.75) is 87.9 Å². The molecule has 0 aromatic rings. The maximum Gasteiger partial charge on any atom is 0.0666 e. The first kappa shape index (κ1) is 15.7. The second-order valence-electron chi connectivity index (χ2n) is 6.13. The normalized spacial score (nSPS) is 36.9. The first-order chi connectivity index (χ1) is 9.31. The molecule has 1 heterocycles. The van der Waals surface area contributed by atoms with Crippen molar-refractivity contribution in [3.63, 3.8) is 0 Å². The van der Waals surface area contributed by atoms with Crippen molar-refractivity contribution in [1.82, 2.24) is 5.32 Å². The Morgan fingerprint density at radius 1 is 1.05 bits per heavy atom. The third-order valence-corrected chi connectivity index (χ3v) is 6.40. The van der Waals surface area contributed by atoms with E-state index >= 15 is 0 Å². The third kappa shape index (κ3) is 4.95. The van der Waals surface area contributed by atoms with Gasteiger partial charge in [-0.1, -0.05) is 32.6 Å². The molecule has 0 amide bonds. The van der Waals surface area contributed by atoms with Gasteiger partial charge >= 0.3 is 0 Å². The van der Waals surface area contributed by atoms with Crippen LogP contribution in [-0.4, -0.2) is 35.8 Å². The fraction of sp³-hybridized carbons (Fsp3) is 1.00. The van der Waals surface area contributed by atoms with Gasteiger partial charge in [0.15, 0.2) is 0 Å². The number of nitrogens with one attached hydrogen (secondary N) is 1. The van der Waals surface area contributed by atoms with E-state index in [1.165, 1.54) is 57.9 Å². The van der Waals surface area contributed by atoms with Crippen molar-refractivity contribution in [1.29, 1.82) is 0 Å². The Morgan fingerprint density at radius 2 is 1.84 bits per heavy atom. The predicted molar refractivity (Wildman–Crippen MR) is 85.0 cm³/mol. The second-order valence-corrected chi connectivity index (χ2v) is 7.61. The minimum atomic E-state index is 0.460. The van der Waals surface area contributed by atoms with E-state index in [4.69, 9.17) is 4.74 Å². The van der Waals surface area contributed by atoms with Crippen LogP contribution >= 0.6 is 11.8 Å². The molecular weight excluding hydrogens is 254 g/mol. The van der Waals surface area contributed by atoms with Crippen molar-refractivity contribution in [2.75, 3.05) is 13.2 Å². The highest BCUT2D eigenvalue weighted by molar-refractivity contribution is 8.00. The molecule has 0 bridgehead atoms. The SMILES string of the molecule is CCCNC1CCCCCCC1SC1CCOC1C. The predicted octanol–water partition coefficient (Wildman–Crippen LogP) is 3.99. The monoisotopic (exact) mass is 285 g/mol. The Hall–Kier alpha value is 0.270. The van der Waals surface area contributed by atoms with Gasteiger partial charge in [0.05, 0.1) is 6.10 Å².